The Bertz CT molecular complexity index is 804. The average molecular weight is 352 g/mol. The van der Waals surface area contributed by atoms with Crippen molar-refractivity contribution in [1.82, 2.24) is 5.32 Å². The number of amides is 1. The van der Waals surface area contributed by atoms with Gasteiger partial charge in [-0.1, -0.05) is 48.5 Å². The van der Waals surface area contributed by atoms with Gasteiger partial charge in [-0.05, 0) is 29.1 Å². The highest BCUT2D eigenvalue weighted by atomic mass is 32.1. The van der Waals surface area contributed by atoms with E-state index in [2.05, 4.69) is 10.6 Å². The summed E-state index contributed by atoms with van der Waals surface area (Å²) < 4.78 is 5.29. The molecule has 5 heteroatoms. The van der Waals surface area contributed by atoms with Gasteiger partial charge in [0.05, 0.1) is 25.4 Å². The molecular formula is C20H20N2O2S. The van der Waals surface area contributed by atoms with Crippen LogP contribution in [-0.2, 0) is 4.79 Å². The molecule has 0 radical (unpaired) electrons. The fraction of sp³-hybridized carbons (Fsp3) is 0.150. The van der Waals surface area contributed by atoms with Gasteiger partial charge in [0.2, 0.25) is 5.91 Å². The molecule has 0 aliphatic heterocycles. The van der Waals surface area contributed by atoms with Gasteiger partial charge in [-0.15, -0.1) is 11.3 Å². The summed E-state index contributed by atoms with van der Waals surface area (Å²) in [5.74, 6) is 0.640. The van der Waals surface area contributed by atoms with E-state index in [9.17, 15) is 4.79 Å². The van der Waals surface area contributed by atoms with Gasteiger partial charge in [0, 0.05) is 4.88 Å². The van der Waals surface area contributed by atoms with Gasteiger partial charge >= 0.3 is 0 Å². The predicted molar refractivity (Wildman–Crippen MR) is 102 cm³/mol. The quantitative estimate of drug-likeness (QED) is 0.674. The van der Waals surface area contributed by atoms with Crippen molar-refractivity contribution < 1.29 is 9.53 Å². The topological polar surface area (TPSA) is 50.4 Å². The van der Waals surface area contributed by atoms with E-state index in [-0.39, 0.29) is 18.5 Å². The molecule has 0 spiro atoms. The van der Waals surface area contributed by atoms with Gasteiger partial charge < -0.3 is 15.4 Å². The molecule has 25 heavy (non-hydrogen) atoms. The number of carbonyl (C=O) groups excluding carboxylic acids is 1. The van der Waals surface area contributed by atoms with Crippen LogP contribution in [0.3, 0.4) is 0 Å². The molecule has 3 rings (SSSR count). The lowest BCUT2D eigenvalue weighted by atomic mass is 10.1. The fourth-order valence-corrected chi connectivity index (χ4v) is 3.40. The van der Waals surface area contributed by atoms with Crippen molar-refractivity contribution in [3.63, 3.8) is 0 Å². The Morgan fingerprint density at radius 2 is 1.80 bits per heavy atom. The van der Waals surface area contributed by atoms with Crippen LogP contribution in [0.15, 0.2) is 72.1 Å². The molecule has 0 bridgehead atoms. The first-order valence-corrected chi connectivity index (χ1v) is 8.90. The molecule has 0 aliphatic rings. The third kappa shape index (κ3) is 4.39. The summed E-state index contributed by atoms with van der Waals surface area (Å²) in [5.41, 5.74) is 1.86. The van der Waals surface area contributed by atoms with Gasteiger partial charge in [0.25, 0.3) is 0 Å². The van der Waals surface area contributed by atoms with Gasteiger partial charge in [-0.2, -0.15) is 0 Å². The van der Waals surface area contributed by atoms with E-state index in [1.165, 1.54) is 0 Å². The number of carbonyl (C=O) groups is 1. The van der Waals surface area contributed by atoms with E-state index < -0.39 is 0 Å². The third-order valence-electron chi connectivity index (χ3n) is 3.81. The average Bonchev–Trinajstić information content (AvgIpc) is 3.20. The summed E-state index contributed by atoms with van der Waals surface area (Å²) in [6.07, 6.45) is 0. The number of hydrogen-bond acceptors (Lipinski definition) is 4. The lowest BCUT2D eigenvalue weighted by Gasteiger charge is -2.19. The van der Waals surface area contributed by atoms with Crippen molar-refractivity contribution in [3.8, 4) is 5.75 Å². The highest BCUT2D eigenvalue weighted by molar-refractivity contribution is 7.10. The minimum absolute atomic E-state index is 0.0758. The maximum Gasteiger partial charge on any atom is 0.240 e. The summed E-state index contributed by atoms with van der Waals surface area (Å²) in [6.45, 7) is 0.176. The minimum Gasteiger partial charge on any atom is -0.495 e. The maximum absolute atomic E-state index is 12.5. The summed E-state index contributed by atoms with van der Waals surface area (Å²) in [4.78, 5) is 13.6. The third-order valence-corrected chi connectivity index (χ3v) is 4.75. The fourth-order valence-electron chi connectivity index (χ4n) is 2.60. The molecule has 1 atom stereocenters. The van der Waals surface area contributed by atoms with Crippen LogP contribution in [0.4, 0.5) is 5.69 Å². The zero-order valence-corrected chi connectivity index (χ0v) is 14.8. The van der Waals surface area contributed by atoms with Crippen molar-refractivity contribution in [2.45, 2.75) is 6.04 Å². The number of rotatable bonds is 7. The molecule has 0 fully saturated rings. The highest BCUT2D eigenvalue weighted by Gasteiger charge is 2.17. The lowest BCUT2D eigenvalue weighted by molar-refractivity contribution is -0.119. The Hall–Kier alpha value is -2.79. The van der Waals surface area contributed by atoms with Crippen LogP contribution in [-0.4, -0.2) is 19.6 Å². The van der Waals surface area contributed by atoms with Crippen molar-refractivity contribution in [1.29, 1.82) is 0 Å². The number of para-hydroxylation sites is 2. The standard InChI is InChI=1S/C20H20N2O2S/c1-24-17-11-6-5-10-16(17)21-14-19(23)22-20(18-12-7-13-25-18)15-8-3-2-4-9-15/h2-13,20-21H,14H2,1H3,(H,22,23)/t20-/m0/s1. The zero-order valence-electron chi connectivity index (χ0n) is 13.9. The van der Waals surface area contributed by atoms with E-state index in [1.807, 2.05) is 72.1 Å². The van der Waals surface area contributed by atoms with Gasteiger partial charge in [-0.25, -0.2) is 0 Å². The van der Waals surface area contributed by atoms with Crippen LogP contribution in [0.2, 0.25) is 0 Å². The number of benzene rings is 2. The van der Waals surface area contributed by atoms with Gasteiger partial charge in [-0.3, -0.25) is 4.79 Å². The normalized spacial score (nSPS) is 11.6. The second kappa shape index (κ2) is 8.35. The molecule has 4 nitrogen and oxygen atoms in total. The summed E-state index contributed by atoms with van der Waals surface area (Å²) in [7, 11) is 1.61. The Kier molecular flexibility index (Phi) is 5.69. The first kappa shape index (κ1) is 17.0. The first-order valence-electron chi connectivity index (χ1n) is 8.02. The minimum atomic E-state index is -0.145. The molecule has 0 saturated carbocycles. The van der Waals surface area contributed by atoms with Crippen molar-refractivity contribution >= 4 is 22.9 Å². The molecule has 0 aliphatic carbocycles. The number of ether oxygens (including phenoxy) is 1. The molecular weight excluding hydrogens is 332 g/mol. The molecule has 1 aromatic heterocycles. The number of thiophene rings is 1. The Morgan fingerprint density at radius 1 is 1.04 bits per heavy atom. The Balaban J connectivity index is 1.69. The summed E-state index contributed by atoms with van der Waals surface area (Å²) in [6, 6.07) is 21.4. The smallest absolute Gasteiger partial charge is 0.240 e. The monoisotopic (exact) mass is 352 g/mol. The van der Waals surface area contributed by atoms with E-state index in [4.69, 9.17) is 4.74 Å². The van der Waals surface area contributed by atoms with Crippen LogP contribution in [0.1, 0.15) is 16.5 Å². The van der Waals surface area contributed by atoms with Crippen LogP contribution in [0.25, 0.3) is 0 Å². The van der Waals surface area contributed by atoms with Crippen LogP contribution in [0, 0.1) is 0 Å². The van der Waals surface area contributed by atoms with E-state index in [1.54, 1.807) is 18.4 Å². The molecule has 1 amide bonds. The maximum atomic E-state index is 12.5. The second-order valence-electron chi connectivity index (χ2n) is 5.48. The largest absolute Gasteiger partial charge is 0.495 e. The van der Waals surface area contributed by atoms with E-state index in [0.29, 0.717) is 5.75 Å². The molecule has 2 aromatic carbocycles. The summed E-state index contributed by atoms with van der Waals surface area (Å²) >= 11 is 1.63. The molecule has 2 N–H and O–H groups in total. The van der Waals surface area contributed by atoms with Gasteiger partial charge in [0.15, 0.2) is 0 Å². The van der Waals surface area contributed by atoms with Crippen LogP contribution >= 0.6 is 11.3 Å². The van der Waals surface area contributed by atoms with Crippen LogP contribution < -0.4 is 15.4 Å². The molecule has 1 heterocycles. The molecule has 0 unspecified atom stereocenters. The number of nitrogens with one attached hydrogen (secondary N) is 2. The number of anilines is 1. The van der Waals surface area contributed by atoms with Crippen molar-refractivity contribution in [2.75, 3.05) is 19.0 Å². The van der Waals surface area contributed by atoms with E-state index in [0.717, 1.165) is 16.1 Å². The highest BCUT2D eigenvalue weighted by Crippen LogP contribution is 2.26. The van der Waals surface area contributed by atoms with Gasteiger partial charge in [0.1, 0.15) is 5.75 Å². The Labute approximate surface area is 151 Å². The second-order valence-corrected chi connectivity index (χ2v) is 6.46. The van der Waals surface area contributed by atoms with Crippen molar-refractivity contribution in [2.24, 2.45) is 0 Å². The predicted octanol–water partition coefficient (Wildman–Crippen LogP) is 4.07. The molecule has 128 valence electrons. The number of methoxy groups -OCH3 is 1. The number of hydrogen-bond donors (Lipinski definition) is 2. The first-order chi connectivity index (χ1) is 12.3. The Morgan fingerprint density at radius 3 is 2.52 bits per heavy atom. The van der Waals surface area contributed by atoms with Crippen LogP contribution in [0.5, 0.6) is 5.75 Å². The molecule has 3 aromatic rings. The zero-order chi connectivity index (χ0) is 17.5. The van der Waals surface area contributed by atoms with E-state index >= 15 is 0 Å². The SMILES string of the molecule is COc1ccccc1NCC(=O)N[C@@H](c1ccccc1)c1cccs1. The lowest BCUT2D eigenvalue weighted by Crippen LogP contribution is -2.33. The van der Waals surface area contributed by atoms with Crippen molar-refractivity contribution in [3.05, 3.63) is 82.6 Å². The molecule has 0 saturated heterocycles. The summed E-state index contributed by atoms with van der Waals surface area (Å²) in [5, 5.41) is 8.26.